The molecule has 3 rings (SSSR count). The third-order valence-corrected chi connectivity index (χ3v) is 4.69. The number of phenolic OH excluding ortho intramolecular Hbond substituents is 1. The van der Waals surface area contributed by atoms with Crippen LogP contribution in [-0.4, -0.2) is 41.6 Å². The number of esters is 1. The molecule has 0 atom stereocenters. The van der Waals surface area contributed by atoms with Gasteiger partial charge in [-0.3, -0.25) is 9.69 Å². The summed E-state index contributed by atoms with van der Waals surface area (Å²) in [7, 11) is 1.22. The number of amides is 3. The van der Waals surface area contributed by atoms with Crippen LogP contribution in [0.3, 0.4) is 0 Å². The van der Waals surface area contributed by atoms with E-state index in [9.17, 15) is 19.5 Å². The molecule has 9 nitrogen and oxygen atoms in total. The standard InChI is InChI=1S/C19H17BrN2O7/c1-3-28-16-7-10(12(20)8-14(16)23)6-13-17(24)22(19(26)21-13)9-11-4-5-15(29-11)18(25)27-2/h4-8,23H,3,9H2,1-2H3,(H,21,26). The highest BCUT2D eigenvalue weighted by Crippen LogP contribution is 2.34. The Morgan fingerprint density at radius 2 is 2.10 bits per heavy atom. The zero-order valence-electron chi connectivity index (χ0n) is 15.5. The van der Waals surface area contributed by atoms with Crippen LogP contribution in [0, 0.1) is 0 Å². The fourth-order valence-electron chi connectivity index (χ4n) is 2.64. The van der Waals surface area contributed by atoms with Crippen LogP contribution in [0.2, 0.25) is 0 Å². The van der Waals surface area contributed by atoms with Crippen LogP contribution in [0.15, 0.2) is 38.9 Å². The lowest BCUT2D eigenvalue weighted by Gasteiger charge is -2.10. The Labute approximate surface area is 174 Å². The van der Waals surface area contributed by atoms with E-state index in [1.807, 2.05) is 0 Å². The Bertz CT molecular complexity index is 1010. The molecule has 0 aliphatic carbocycles. The molecule has 152 valence electrons. The van der Waals surface area contributed by atoms with Crippen molar-refractivity contribution in [3.63, 3.8) is 0 Å². The van der Waals surface area contributed by atoms with E-state index in [4.69, 9.17) is 9.15 Å². The normalized spacial score (nSPS) is 15.0. The first-order valence-corrected chi connectivity index (χ1v) is 9.30. The highest BCUT2D eigenvalue weighted by atomic mass is 79.9. The number of furan rings is 1. The molecule has 2 N–H and O–H groups in total. The number of nitrogens with zero attached hydrogens (tertiary/aromatic N) is 1. The van der Waals surface area contributed by atoms with Crippen LogP contribution in [-0.2, 0) is 16.1 Å². The number of carbonyl (C=O) groups excluding carboxylic acids is 3. The van der Waals surface area contributed by atoms with Crippen LogP contribution >= 0.6 is 15.9 Å². The van der Waals surface area contributed by atoms with Crippen molar-refractivity contribution in [2.45, 2.75) is 13.5 Å². The number of urea groups is 1. The Balaban J connectivity index is 1.82. The van der Waals surface area contributed by atoms with Gasteiger partial charge < -0.3 is 24.3 Å². The second kappa shape index (κ2) is 8.39. The molecule has 0 bridgehead atoms. The van der Waals surface area contributed by atoms with Gasteiger partial charge in [-0.15, -0.1) is 0 Å². The quantitative estimate of drug-likeness (QED) is 0.383. The van der Waals surface area contributed by atoms with E-state index in [1.165, 1.54) is 31.4 Å². The van der Waals surface area contributed by atoms with E-state index in [0.29, 0.717) is 16.6 Å². The van der Waals surface area contributed by atoms with Gasteiger partial charge in [-0.25, -0.2) is 9.59 Å². The molecule has 29 heavy (non-hydrogen) atoms. The van der Waals surface area contributed by atoms with Gasteiger partial charge in [0.1, 0.15) is 11.5 Å². The van der Waals surface area contributed by atoms with E-state index in [0.717, 1.165) is 4.90 Å². The molecule has 3 amide bonds. The van der Waals surface area contributed by atoms with Crippen LogP contribution in [0.25, 0.3) is 6.08 Å². The minimum absolute atomic E-state index is 0.0261. The van der Waals surface area contributed by atoms with E-state index in [-0.39, 0.29) is 35.3 Å². The summed E-state index contributed by atoms with van der Waals surface area (Å²) >= 11 is 3.31. The highest BCUT2D eigenvalue weighted by Gasteiger charge is 2.34. The fourth-order valence-corrected chi connectivity index (χ4v) is 3.09. The zero-order chi connectivity index (χ0) is 21.1. The van der Waals surface area contributed by atoms with Crippen molar-refractivity contribution < 1.29 is 33.4 Å². The third kappa shape index (κ3) is 4.27. The largest absolute Gasteiger partial charge is 0.504 e. The summed E-state index contributed by atoms with van der Waals surface area (Å²) in [5, 5.41) is 12.4. The number of ether oxygens (including phenoxy) is 2. The number of hydrogen-bond donors (Lipinski definition) is 2. The van der Waals surface area contributed by atoms with Crippen molar-refractivity contribution in [1.29, 1.82) is 0 Å². The van der Waals surface area contributed by atoms with E-state index >= 15 is 0 Å². The molecule has 0 spiro atoms. The zero-order valence-corrected chi connectivity index (χ0v) is 17.1. The summed E-state index contributed by atoms with van der Waals surface area (Å²) < 4.78 is 15.7. The summed E-state index contributed by atoms with van der Waals surface area (Å²) in [4.78, 5) is 37.3. The van der Waals surface area contributed by atoms with Crippen molar-refractivity contribution in [2.24, 2.45) is 0 Å². The lowest BCUT2D eigenvalue weighted by Crippen LogP contribution is -2.30. The monoisotopic (exact) mass is 464 g/mol. The summed E-state index contributed by atoms with van der Waals surface area (Å²) in [5.41, 5.74) is 0.575. The summed E-state index contributed by atoms with van der Waals surface area (Å²) in [6.07, 6.45) is 1.47. The maximum atomic E-state index is 12.7. The number of hydrogen-bond acceptors (Lipinski definition) is 7. The second-order valence-electron chi connectivity index (χ2n) is 5.91. The number of nitrogens with one attached hydrogen (secondary N) is 1. The Morgan fingerprint density at radius 1 is 1.34 bits per heavy atom. The molecule has 1 aliphatic rings. The van der Waals surface area contributed by atoms with Crippen molar-refractivity contribution >= 4 is 39.9 Å². The summed E-state index contributed by atoms with van der Waals surface area (Å²) in [6.45, 7) is 1.98. The number of carbonyl (C=O) groups is 3. The smallest absolute Gasteiger partial charge is 0.373 e. The fraction of sp³-hybridized carbons (Fsp3) is 0.211. The maximum absolute atomic E-state index is 12.7. The van der Waals surface area contributed by atoms with E-state index in [1.54, 1.807) is 13.0 Å². The molecule has 0 unspecified atom stereocenters. The molecule has 2 heterocycles. The summed E-state index contributed by atoms with van der Waals surface area (Å²) in [6, 6.07) is 5.25. The average Bonchev–Trinajstić information content (AvgIpc) is 3.25. The van der Waals surface area contributed by atoms with Gasteiger partial charge in [-0.1, -0.05) is 15.9 Å². The van der Waals surface area contributed by atoms with E-state index in [2.05, 4.69) is 26.0 Å². The van der Waals surface area contributed by atoms with Gasteiger partial charge in [0, 0.05) is 4.47 Å². The first kappa shape index (κ1) is 20.5. The van der Waals surface area contributed by atoms with Crippen LogP contribution in [0.5, 0.6) is 11.5 Å². The predicted molar refractivity (Wildman–Crippen MR) is 104 cm³/mol. The maximum Gasteiger partial charge on any atom is 0.373 e. The molecular formula is C19H17BrN2O7. The molecule has 0 saturated carbocycles. The number of imide groups is 1. The highest BCUT2D eigenvalue weighted by molar-refractivity contribution is 9.10. The number of phenols is 1. The first-order valence-electron chi connectivity index (χ1n) is 8.51. The van der Waals surface area contributed by atoms with E-state index < -0.39 is 17.9 Å². The van der Waals surface area contributed by atoms with Gasteiger partial charge in [0.25, 0.3) is 5.91 Å². The molecule has 2 aromatic rings. The topological polar surface area (TPSA) is 118 Å². The Hall–Kier alpha value is -3.27. The molecular weight excluding hydrogens is 448 g/mol. The summed E-state index contributed by atoms with van der Waals surface area (Å²) in [5.74, 6) is -0.799. The molecule has 1 saturated heterocycles. The molecule has 1 fully saturated rings. The van der Waals surface area contributed by atoms with Crippen LogP contribution in [0.4, 0.5) is 4.79 Å². The van der Waals surface area contributed by atoms with Gasteiger partial charge in [0.05, 0.1) is 20.3 Å². The number of benzene rings is 1. The van der Waals surface area contributed by atoms with Gasteiger partial charge in [0.15, 0.2) is 11.5 Å². The van der Waals surface area contributed by atoms with Gasteiger partial charge in [-0.05, 0) is 42.8 Å². The number of rotatable bonds is 6. The predicted octanol–water partition coefficient (Wildman–Crippen LogP) is 3.03. The minimum atomic E-state index is -0.656. The molecule has 1 aliphatic heterocycles. The van der Waals surface area contributed by atoms with Crippen molar-refractivity contribution in [3.05, 3.63) is 51.5 Å². The second-order valence-corrected chi connectivity index (χ2v) is 6.77. The van der Waals surface area contributed by atoms with Crippen molar-refractivity contribution in [2.75, 3.05) is 13.7 Å². The van der Waals surface area contributed by atoms with Crippen LogP contribution < -0.4 is 10.1 Å². The van der Waals surface area contributed by atoms with Crippen molar-refractivity contribution in [3.8, 4) is 11.5 Å². The third-order valence-electron chi connectivity index (χ3n) is 4.00. The van der Waals surface area contributed by atoms with Gasteiger partial charge >= 0.3 is 12.0 Å². The van der Waals surface area contributed by atoms with Crippen LogP contribution in [0.1, 0.15) is 28.8 Å². The molecule has 0 radical (unpaired) electrons. The number of methoxy groups -OCH3 is 1. The SMILES string of the molecule is CCOc1cc(C=C2NC(=O)N(Cc3ccc(C(=O)OC)o3)C2=O)c(Br)cc1O. The number of halogens is 1. The Morgan fingerprint density at radius 3 is 2.79 bits per heavy atom. The first-order chi connectivity index (χ1) is 13.8. The van der Waals surface area contributed by atoms with Gasteiger partial charge in [0.2, 0.25) is 5.76 Å². The molecule has 10 heteroatoms. The molecule has 1 aromatic heterocycles. The Kier molecular flexibility index (Phi) is 5.92. The minimum Gasteiger partial charge on any atom is -0.504 e. The molecule has 1 aromatic carbocycles. The number of aromatic hydroxyl groups is 1. The lowest BCUT2D eigenvalue weighted by atomic mass is 10.1. The lowest BCUT2D eigenvalue weighted by molar-refractivity contribution is -0.123. The average molecular weight is 465 g/mol. The van der Waals surface area contributed by atoms with Gasteiger partial charge in [-0.2, -0.15) is 0 Å². The van der Waals surface area contributed by atoms with Crippen molar-refractivity contribution in [1.82, 2.24) is 10.2 Å².